The molecule has 2 aromatic carbocycles. The molecule has 0 saturated carbocycles. The van der Waals surface area contributed by atoms with Crippen LogP contribution in [-0.2, 0) is 19.3 Å². The molecule has 2 aliphatic heterocycles. The Hall–Kier alpha value is -3.70. The lowest BCUT2D eigenvalue weighted by Gasteiger charge is -2.46. The van der Waals surface area contributed by atoms with Gasteiger partial charge in [-0.1, -0.05) is 30.3 Å². The van der Waals surface area contributed by atoms with Crippen molar-refractivity contribution in [2.75, 3.05) is 22.9 Å². The molecule has 0 aliphatic carbocycles. The lowest BCUT2D eigenvalue weighted by atomic mass is 9.96. The van der Waals surface area contributed by atoms with Gasteiger partial charge in [0.1, 0.15) is 12.4 Å². The summed E-state index contributed by atoms with van der Waals surface area (Å²) < 4.78 is 84.8. The zero-order valence-electron chi connectivity index (χ0n) is 22.9. The average Bonchev–Trinajstić information content (AvgIpc) is 3.29. The van der Waals surface area contributed by atoms with Gasteiger partial charge in [-0.25, -0.2) is 18.0 Å². The number of nitrogens with zero attached hydrogens (tertiary/aromatic N) is 5. The molecule has 3 heterocycles. The van der Waals surface area contributed by atoms with Crippen molar-refractivity contribution in [1.82, 2.24) is 14.7 Å². The SMILES string of the molecule is Cc1cccc(F)c1N1CCC(N2C(=O)N(Cc3ccccc3C(F)(F)F)c3nn(CC(C)(F)F)cc3[C@@H]2C)CC1. The van der Waals surface area contributed by atoms with E-state index in [2.05, 4.69) is 5.10 Å². The first-order chi connectivity index (χ1) is 19.2. The average molecular weight is 580 g/mol. The number of carbonyl (C=O) groups excluding carboxylic acids is 1. The molecule has 3 aromatic rings. The number of alkyl halides is 5. The molecule has 2 aliphatic rings. The smallest absolute Gasteiger partial charge is 0.369 e. The van der Waals surface area contributed by atoms with Crippen LogP contribution in [0.3, 0.4) is 0 Å². The lowest BCUT2D eigenvalue weighted by Crippen LogP contribution is -2.55. The van der Waals surface area contributed by atoms with Crippen molar-refractivity contribution in [3.63, 3.8) is 0 Å². The van der Waals surface area contributed by atoms with Crippen molar-refractivity contribution in [1.29, 1.82) is 0 Å². The minimum atomic E-state index is -4.65. The number of aryl methyl sites for hydroxylation is 1. The van der Waals surface area contributed by atoms with E-state index in [-0.39, 0.29) is 23.2 Å². The van der Waals surface area contributed by atoms with E-state index in [1.807, 2.05) is 17.9 Å². The summed E-state index contributed by atoms with van der Waals surface area (Å²) in [7, 11) is 0. The first-order valence-corrected chi connectivity index (χ1v) is 13.4. The van der Waals surface area contributed by atoms with Crippen molar-refractivity contribution in [2.24, 2.45) is 0 Å². The zero-order chi connectivity index (χ0) is 29.7. The van der Waals surface area contributed by atoms with Crippen LogP contribution in [0.1, 0.15) is 55.0 Å². The Morgan fingerprint density at radius 1 is 1.00 bits per heavy atom. The summed E-state index contributed by atoms with van der Waals surface area (Å²) in [5.41, 5.74) is 0.774. The number of hydrogen-bond donors (Lipinski definition) is 0. The summed E-state index contributed by atoms with van der Waals surface area (Å²) in [6.07, 6.45) is -2.22. The number of fused-ring (bicyclic) bond motifs is 1. The van der Waals surface area contributed by atoms with Crippen molar-refractivity contribution in [2.45, 2.75) is 70.9 Å². The predicted molar refractivity (Wildman–Crippen MR) is 142 cm³/mol. The molecule has 0 bridgehead atoms. The van der Waals surface area contributed by atoms with Gasteiger partial charge in [-0.2, -0.15) is 18.3 Å². The molecular weight excluding hydrogens is 548 g/mol. The molecule has 1 fully saturated rings. The Morgan fingerprint density at radius 2 is 1.68 bits per heavy atom. The Bertz CT molecular complexity index is 1400. The summed E-state index contributed by atoms with van der Waals surface area (Å²) in [5, 5.41) is 4.24. The predicted octanol–water partition coefficient (Wildman–Crippen LogP) is 7.18. The zero-order valence-corrected chi connectivity index (χ0v) is 22.9. The largest absolute Gasteiger partial charge is 0.416 e. The van der Waals surface area contributed by atoms with Crippen LogP contribution in [0.2, 0.25) is 0 Å². The number of benzene rings is 2. The summed E-state index contributed by atoms with van der Waals surface area (Å²) in [5.74, 6) is -3.35. The van der Waals surface area contributed by atoms with Gasteiger partial charge in [0, 0.05) is 37.8 Å². The van der Waals surface area contributed by atoms with Crippen LogP contribution in [0.25, 0.3) is 0 Å². The fourth-order valence-corrected chi connectivity index (χ4v) is 5.95. The third-order valence-corrected chi connectivity index (χ3v) is 7.80. The molecule has 0 N–H and O–H groups in total. The summed E-state index contributed by atoms with van der Waals surface area (Å²) >= 11 is 0. The topological polar surface area (TPSA) is 44.6 Å². The standard InChI is InChI=1S/C29H31F6N5O/c1-18-7-6-10-24(30)25(18)37-13-11-21(12-14-37)40-19(2)22-16-38(17-28(3,31)32)36-26(22)39(27(40)41)15-20-8-4-5-9-23(20)29(33,34)35/h4-10,16,19,21H,11-15,17H2,1-3H3/t19-/m0/s1. The summed E-state index contributed by atoms with van der Waals surface area (Å²) in [4.78, 5) is 18.7. The number of piperidine rings is 1. The van der Waals surface area contributed by atoms with Gasteiger partial charge >= 0.3 is 12.2 Å². The second kappa shape index (κ2) is 10.6. The van der Waals surface area contributed by atoms with Gasteiger partial charge in [0.2, 0.25) is 0 Å². The van der Waals surface area contributed by atoms with E-state index >= 15 is 0 Å². The minimum absolute atomic E-state index is 0.0689. The van der Waals surface area contributed by atoms with E-state index in [9.17, 15) is 31.1 Å². The Kier molecular flexibility index (Phi) is 7.46. The third-order valence-electron chi connectivity index (χ3n) is 7.80. The van der Waals surface area contributed by atoms with Gasteiger partial charge in [-0.3, -0.25) is 9.58 Å². The molecule has 1 saturated heterocycles. The van der Waals surface area contributed by atoms with Gasteiger partial charge in [0.25, 0.3) is 5.92 Å². The van der Waals surface area contributed by atoms with Gasteiger partial charge in [0.15, 0.2) is 5.82 Å². The van der Waals surface area contributed by atoms with Crippen molar-refractivity contribution < 1.29 is 31.1 Å². The number of para-hydroxylation sites is 1. The number of halogens is 6. The van der Waals surface area contributed by atoms with Crippen LogP contribution >= 0.6 is 0 Å². The maximum atomic E-state index is 14.6. The van der Waals surface area contributed by atoms with Crippen molar-refractivity contribution >= 4 is 17.5 Å². The number of anilines is 2. The van der Waals surface area contributed by atoms with Crippen LogP contribution in [-0.4, -0.2) is 45.8 Å². The van der Waals surface area contributed by atoms with Gasteiger partial charge in [-0.05, 0) is 49.9 Å². The van der Waals surface area contributed by atoms with Crippen LogP contribution in [0.4, 0.5) is 42.6 Å². The van der Waals surface area contributed by atoms with Gasteiger partial charge < -0.3 is 9.80 Å². The number of carbonyl (C=O) groups is 1. The molecule has 41 heavy (non-hydrogen) atoms. The van der Waals surface area contributed by atoms with E-state index in [0.717, 1.165) is 28.1 Å². The molecule has 12 heteroatoms. The maximum Gasteiger partial charge on any atom is 0.416 e. The molecule has 0 radical (unpaired) electrons. The number of urea groups is 1. The molecular formula is C29H31F6N5O. The summed E-state index contributed by atoms with van der Waals surface area (Å²) in [6, 6.07) is 8.44. The van der Waals surface area contributed by atoms with Gasteiger partial charge in [0.05, 0.1) is 23.8 Å². The highest BCUT2D eigenvalue weighted by Gasteiger charge is 2.44. The number of rotatable bonds is 6. The highest BCUT2D eigenvalue weighted by Crippen LogP contribution is 2.41. The molecule has 0 spiro atoms. The van der Waals surface area contributed by atoms with E-state index in [4.69, 9.17) is 0 Å². The van der Waals surface area contributed by atoms with Crippen LogP contribution in [0.5, 0.6) is 0 Å². The second-order valence-electron chi connectivity index (χ2n) is 10.9. The van der Waals surface area contributed by atoms with E-state index < -0.39 is 42.8 Å². The van der Waals surface area contributed by atoms with E-state index in [0.29, 0.717) is 37.2 Å². The Labute approximate surface area is 234 Å². The lowest BCUT2D eigenvalue weighted by molar-refractivity contribution is -0.138. The monoisotopic (exact) mass is 579 g/mol. The third kappa shape index (κ3) is 5.73. The first-order valence-electron chi connectivity index (χ1n) is 13.4. The molecule has 1 atom stereocenters. The minimum Gasteiger partial charge on any atom is -0.369 e. The fourth-order valence-electron chi connectivity index (χ4n) is 5.95. The van der Waals surface area contributed by atoms with Crippen LogP contribution in [0.15, 0.2) is 48.7 Å². The normalized spacial score (nSPS) is 18.7. The van der Waals surface area contributed by atoms with Crippen LogP contribution in [0, 0.1) is 12.7 Å². The van der Waals surface area contributed by atoms with Gasteiger partial charge in [-0.15, -0.1) is 0 Å². The highest BCUT2D eigenvalue weighted by atomic mass is 19.4. The van der Waals surface area contributed by atoms with E-state index in [1.54, 1.807) is 17.9 Å². The maximum absolute atomic E-state index is 14.6. The van der Waals surface area contributed by atoms with Crippen molar-refractivity contribution in [3.8, 4) is 0 Å². The van der Waals surface area contributed by atoms with Crippen molar-refractivity contribution in [3.05, 3.63) is 76.7 Å². The number of aromatic nitrogens is 2. The molecule has 0 unspecified atom stereocenters. The Balaban J connectivity index is 1.47. The fraction of sp³-hybridized carbons (Fsp3) is 0.448. The van der Waals surface area contributed by atoms with Crippen LogP contribution < -0.4 is 9.80 Å². The second-order valence-corrected chi connectivity index (χ2v) is 10.9. The molecule has 220 valence electrons. The van der Waals surface area contributed by atoms with E-state index in [1.165, 1.54) is 30.5 Å². The number of hydrogen-bond acceptors (Lipinski definition) is 3. The molecule has 6 nitrogen and oxygen atoms in total. The first kappa shape index (κ1) is 28.8. The number of amides is 2. The summed E-state index contributed by atoms with van der Waals surface area (Å²) in [6.45, 7) is 4.10. The molecule has 1 aromatic heterocycles. The highest BCUT2D eigenvalue weighted by molar-refractivity contribution is 5.94. The quantitative estimate of drug-likeness (QED) is 0.291. The Morgan fingerprint density at radius 3 is 2.32 bits per heavy atom. The molecule has 5 rings (SSSR count). The molecule has 2 amide bonds.